The largest absolute Gasteiger partial charge is 0.326 e. The Balaban J connectivity index is 2.02. The summed E-state index contributed by atoms with van der Waals surface area (Å²) in [5.74, 6) is -0.173. The van der Waals surface area contributed by atoms with Crippen LogP contribution in [0.2, 0.25) is 0 Å². The molecule has 0 atom stereocenters. The van der Waals surface area contributed by atoms with Crippen molar-refractivity contribution >= 4 is 21.6 Å². The smallest absolute Gasteiger partial charge is 0.242 e. The van der Waals surface area contributed by atoms with Crippen LogP contribution >= 0.6 is 0 Å². The fraction of sp³-hybridized carbons (Fsp3) is 0.250. The number of aryl methyl sites for hydroxylation is 1. The van der Waals surface area contributed by atoms with Crippen LogP contribution in [0.4, 0.5) is 5.69 Å². The highest BCUT2D eigenvalue weighted by Crippen LogP contribution is 2.18. The number of nitrogens with one attached hydrogen (secondary N) is 1. The zero-order valence-corrected chi connectivity index (χ0v) is 13.9. The normalized spacial score (nSPS) is 11.4. The quantitative estimate of drug-likeness (QED) is 0.876. The standard InChI is InChI=1S/C16H19N3O3S/c1-19(2)23(21,22)15-7-3-6-14(11-15)18-16(20)9-8-13-5-4-10-17-12-13/h3-7,10-12H,8-9H2,1-2H3,(H,18,20). The van der Waals surface area contributed by atoms with Gasteiger partial charge in [0.15, 0.2) is 0 Å². The Morgan fingerprint density at radius 1 is 1.22 bits per heavy atom. The van der Waals surface area contributed by atoms with Gasteiger partial charge in [-0.05, 0) is 36.2 Å². The second-order valence-electron chi connectivity index (χ2n) is 5.22. The van der Waals surface area contributed by atoms with E-state index in [1.807, 2.05) is 12.1 Å². The second-order valence-corrected chi connectivity index (χ2v) is 7.38. The molecule has 0 aliphatic carbocycles. The maximum absolute atomic E-state index is 12.1. The first-order valence-electron chi connectivity index (χ1n) is 7.11. The molecule has 1 amide bonds. The molecule has 0 bridgehead atoms. The predicted molar refractivity (Wildman–Crippen MR) is 88.5 cm³/mol. The Bertz CT molecular complexity index is 774. The molecular weight excluding hydrogens is 314 g/mol. The van der Waals surface area contributed by atoms with Crippen LogP contribution in [-0.2, 0) is 21.2 Å². The number of hydrogen-bond donors (Lipinski definition) is 1. The van der Waals surface area contributed by atoms with Crippen molar-refractivity contribution in [3.05, 3.63) is 54.4 Å². The molecule has 7 heteroatoms. The van der Waals surface area contributed by atoms with Crippen LogP contribution < -0.4 is 5.32 Å². The number of nitrogens with zero attached hydrogens (tertiary/aromatic N) is 2. The molecule has 0 saturated carbocycles. The van der Waals surface area contributed by atoms with E-state index < -0.39 is 10.0 Å². The lowest BCUT2D eigenvalue weighted by atomic mass is 10.1. The zero-order valence-electron chi connectivity index (χ0n) is 13.1. The molecule has 0 aliphatic heterocycles. The second kappa shape index (κ2) is 7.34. The van der Waals surface area contributed by atoms with Crippen LogP contribution in [0.1, 0.15) is 12.0 Å². The van der Waals surface area contributed by atoms with Crippen molar-refractivity contribution in [3.63, 3.8) is 0 Å². The summed E-state index contributed by atoms with van der Waals surface area (Å²) in [5, 5.41) is 2.72. The summed E-state index contributed by atoms with van der Waals surface area (Å²) < 4.78 is 25.3. The van der Waals surface area contributed by atoms with Gasteiger partial charge >= 0.3 is 0 Å². The Kier molecular flexibility index (Phi) is 5.46. The number of rotatable bonds is 6. The van der Waals surface area contributed by atoms with E-state index in [4.69, 9.17) is 0 Å². The van der Waals surface area contributed by atoms with Gasteiger partial charge in [0, 0.05) is 38.6 Å². The van der Waals surface area contributed by atoms with E-state index in [1.54, 1.807) is 24.5 Å². The summed E-state index contributed by atoms with van der Waals surface area (Å²) in [6.07, 6.45) is 4.28. The van der Waals surface area contributed by atoms with E-state index in [0.717, 1.165) is 9.87 Å². The topological polar surface area (TPSA) is 79.4 Å². The van der Waals surface area contributed by atoms with Gasteiger partial charge in [-0.2, -0.15) is 0 Å². The van der Waals surface area contributed by atoms with Crippen LogP contribution in [0.5, 0.6) is 0 Å². The Morgan fingerprint density at radius 2 is 2.00 bits per heavy atom. The highest BCUT2D eigenvalue weighted by Gasteiger charge is 2.17. The van der Waals surface area contributed by atoms with Crippen molar-refractivity contribution < 1.29 is 13.2 Å². The first-order valence-corrected chi connectivity index (χ1v) is 8.55. The third kappa shape index (κ3) is 4.61. The van der Waals surface area contributed by atoms with Gasteiger partial charge in [-0.3, -0.25) is 9.78 Å². The van der Waals surface area contributed by atoms with E-state index in [2.05, 4.69) is 10.3 Å². The summed E-state index contributed by atoms with van der Waals surface area (Å²) in [5.41, 5.74) is 1.44. The fourth-order valence-corrected chi connectivity index (χ4v) is 2.92. The zero-order chi connectivity index (χ0) is 16.9. The monoisotopic (exact) mass is 333 g/mol. The molecular formula is C16H19N3O3S. The molecule has 1 aromatic carbocycles. The van der Waals surface area contributed by atoms with Crippen LogP contribution in [0.3, 0.4) is 0 Å². The van der Waals surface area contributed by atoms with Crippen LogP contribution in [0.15, 0.2) is 53.7 Å². The lowest BCUT2D eigenvalue weighted by molar-refractivity contribution is -0.116. The Hall–Kier alpha value is -2.25. The van der Waals surface area contributed by atoms with E-state index >= 15 is 0 Å². The van der Waals surface area contributed by atoms with Crippen LogP contribution in [-0.4, -0.2) is 37.7 Å². The number of sulfonamides is 1. The molecule has 1 heterocycles. The van der Waals surface area contributed by atoms with Crippen LogP contribution in [0, 0.1) is 0 Å². The summed E-state index contributed by atoms with van der Waals surface area (Å²) >= 11 is 0. The minimum Gasteiger partial charge on any atom is -0.326 e. The van der Waals surface area contributed by atoms with Crippen molar-refractivity contribution in [3.8, 4) is 0 Å². The molecule has 0 spiro atoms. The molecule has 1 aromatic heterocycles. The number of aromatic nitrogens is 1. The molecule has 0 unspecified atom stereocenters. The highest BCUT2D eigenvalue weighted by atomic mass is 32.2. The maximum Gasteiger partial charge on any atom is 0.242 e. The molecule has 2 aromatic rings. The predicted octanol–water partition coefficient (Wildman–Crippen LogP) is 1.90. The van der Waals surface area contributed by atoms with Crippen molar-refractivity contribution in [2.45, 2.75) is 17.7 Å². The van der Waals surface area contributed by atoms with Gasteiger partial charge < -0.3 is 5.32 Å². The van der Waals surface area contributed by atoms with Crippen molar-refractivity contribution in [2.75, 3.05) is 19.4 Å². The number of carbonyl (C=O) groups is 1. The molecule has 0 aliphatic rings. The Labute approximate surface area is 136 Å². The summed E-state index contributed by atoms with van der Waals surface area (Å²) in [4.78, 5) is 16.1. The Morgan fingerprint density at radius 3 is 2.65 bits per heavy atom. The molecule has 23 heavy (non-hydrogen) atoms. The van der Waals surface area contributed by atoms with E-state index in [0.29, 0.717) is 18.5 Å². The molecule has 1 N–H and O–H groups in total. The summed E-state index contributed by atoms with van der Waals surface area (Å²) in [7, 11) is -0.583. The minimum absolute atomic E-state index is 0.146. The van der Waals surface area contributed by atoms with Crippen molar-refractivity contribution in [1.82, 2.24) is 9.29 Å². The van der Waals surface area contributed by atoms with E-state index in [-0.39, 0.29) is 10.8 Å². The molecule has 0 fully saturated rings. The number of carbonyl (C=O) groups excluding carboxylic acids is 1. The maximum atomic E-state index is 12.1. The highest BCUT2D eigenvalue weighted by molar-refractivity contribution is 7.89. The van der Waals surface area contributed by atoms with Gasteiger partial charge in [0.05, 0.1) is 4.90 Å². The van der Waals surface area contributed by atoms with Gasteiger partial charge in [-0.1, -0.05) is 12.1 Å². The number of anilines is 1. The average molecular weight is 333 g/mol. The van der Waals surface area contributed by atoms with Gasteiger partial charge in [-0.25, -0.2) is 12.7 Å². The number of hydrogen-bond acceptors (Lipinski definition) is 4. The fourth-order valence-electron chi connectivity index (χ4n) is 1.97. The minimum atomic E-state index is -3.52. The van der Waals surface area contributed by atoms with Crippen LogP contribution in [0.25, 0.3) is 0 Å². The van der Waals surface area contributed by atoms with Gasteiger partial charge in [-0.15, -0.1) is 0 Å². The van der Waals surface area contributed by atoms with E-state index in [1.165, 1.54) is 26.2 Å². The van der Waals surface area contributed by atoms with Gasteiger partial charge in [0.1, 0.15) is 0 Å². The van der Waals surface area contributed by atoms with Crippen molar-refractivity contribution in [2.24, 2.45) is 0 Å². The SMILES string of the molecule is CN(C)S(=O)(=O)c1cccc(NC(=O)CCc2cccnc2)c1. The third-order valence-corrected chi connectivity index (χ3v) is 5.07. The molecule has 2 rings (SSSR count). The summed E-state index contributed by atoms with van der Waals surface area (Å²) in [6.45, 7) is 0. The average Bonchev–Trinajstić information content (AvgIpc) is 2.54. The molecule has 122 valence electrons. The first kappa shape index (κ1) is 17.1. The molecule has 6 nitrogen and oxygen atoms in total. The molecule has 0 saturated heterocycles. The van der Waals surface area contributed by atoms with E-state index in [9.17, 15) is 13.2 Å². The molecule has 0 radical (unpaired) electrons. The van der Waals surface area contributed by atoms with Crippen molar-refractivity contribution in [1.29, 1.82) is 0 Å². The lowest BCUT2D eigenvalue weighted by Crippen LogP contribution is -2.22. The number of amides is 1. The first-order chi connectivity index (χ1) is 10.9. The third-order valence-electron chi connectivity index (χ3n) is 3.26. The van der Waals surface area contributed by atoms with Gasteiger partial charge in [0.2, 0.25) is 15.9 Å². The lowest BCUT2D eigenvalue weighted by Gasteiger charge is -2.12. The number of benzene rings is 1. The van der Waals surface area contributed by atoms with Gasteiger partial charge in [0.25, 0.3) is 0 Å². The number of pyridine rings is 1. The summed E-state index contributed by atoms with van der Waals surface area (Å²) in [6, 6.07) is 9.95.